The second-order valence-corrected chi connectivity index (χ2v) is 9.82. The Morgan fingerprint density at radius 1 is 1.06 bits per heavy atom. The molecule has 2 aliphatic heterocycles. The summed E-state index contributed by atoms with van der Waals surface area (Å²) in [7, 11) is 1.30. The van der Waals surface area contributed by atoms with E-state index in [1.54, 1.807) is 4.90 Å². The van der Waals surface area contributed by atoms with Gasteiger partial charge in [-0.25, -0.2) is 9.69 Å². The average Bonchev–Trinajstić information content (AvgIpc) is 3.41. The molecule has 0 atom stereocenters. The van der Waals surface area contributed by atoms with Crippen molar-refractivity contribution in [1.29, 1.82) is 0 Å². The molecular formula is C25H24N2O5S. The predicted octanol–water partition coefficient (Wildman–Crippen LogP) is 3.89. The summed E-state index contributed by atoms with van der Waals surface area (Å²) in [6, 6.07) is 7.22. The molecule has 0 spiro atoms. The molecule has 5 rings (SSSR count). The molecule has 0 N–H and O–H groups in total. The Bertz CT molecular complexity index is 1260. The fourth-order valence-corrected chi connectivity index (χ4v) is 6.41. The van der Waals surface area contributed by atoms with Gasteiger partial charge in [-0.2, -0.15) is 0 Å². The van der Waals surface area contributed by atoms with Gasteiger partial charge in [0, 0.05) is 22.1 Å². The van der Waals surface area contributed by atoms with Crippen LogP contribution in [0.15, 0.2) is 29.8 Å². The summed E-state index contributed by atoms with van der Waals surface area (Å²) in [5.74, 6) is -1.78. The van der Waals surface area contributed by atoms with Gasteiger partial charge in [0.15, 0.2) is 0 Å². The number of methoxy groups -OCH3 is 1. The normalized spacial score (nSPS) is 20.1. The third-order valence-electron chi connectivity index (χ3n) is 6.47. The van der Waals surface area contributed by atoms with Crippen LogP contribution in [-0.2, 0) is 32.0 Å². The van der Waals surface area contributed by atoms with Crippen LogP contribution in [0.3, 0.4) is 0 Å². The monoisotopic (exact) mass is 464 g/mol. The first-order chi connectivity index (χ1) is 15.8. The van der Waals surface area contributed by atoms with E-state index in [9.17, 15) is 19.2 Å². The lowest BCUT2D eigenvalue weighted by atomic mass is 9.95. The van der Waals surface area contributed by atoms with Crippen molar-refractivity contribution in [3.05, 3.63) is 51.4 Å². The first kappa shape index (κ1) is 21.6. The number of amides is 3. The molecule has 1 aromatic heterocycles. The zero-order valence-corrected chi connectivity index (χ0v) is 19.6. The van der Waals surface area contributed by atoms with Crippen molar-refractivity contribution in [3.8, 4) is 0 Å². The number of hydrogen-bond donors (Lipinski definition) is 0. The van der Waals surface area contributed by atoms with Crippen LogP contribution in [0.5, 0.6) is 0 Å². The average molecular weight is 465 g/mol. The molecule has 0 bridgehead atoms. The van der Waals surface area contributed by atoms with Gasteiger partial charge in [-0.3, -0.25) is 14.4 Å². The van der Waals surface area contributed by atoms with E-state index < -0.39 is 17.8 Å². The van der Waals surface area contributed by atoms with Crippen molar-refractivity contribution in [2.45, 2.75) is 52.0 Å². The molecule has 3 amide bonds. The van der Waals surface area contributed by atoms with E-state index in [0.717, 1.165) is 46.7 Å². The van der Waals surface area contributed by atoms with E-state index in [1.165, 1.54) is 18.4 Å². The molecule has 1 aromatic carbocycles. The van der Waals surface area contributed by atoms with Crippen LogP contribution in [0, 0.1) is 0 Å². The summed E-state index contributed by atoms with van der Waals surface area (Å²) in [6.45, 7) is 3.82. The maximum atomic E-state index is 13.6. The third kappa shape index (κ3) is 3.15. The maximum Gasteiger partial charge on any atom is 0.341 e. The lowest BCUT2D eigenvalue weighted by molar-refractivity contribution is -0.121. The number of carbonyl (C=O) groups excluding carboxylic acids is 4. The highest BCUT2D eigenvalue weighted by Gasteiger charge is 2.45. The van der Waals surface area contributed by atoms with Gasteiger partial charge in [-0.15, -0.1) is 11.3 Å². The van der Waals surface area contributed by atoms with E-state index in [1.807, 2.05) is 38.1 Å². The lowest BCUT2D eigenvalue weighted by Gasteiger charge is -2.21. The molecule has 2 aromatic rings. The molecule has 8 heteroatoms. The van der Waals surface area contributed by atoms with Crippen LogP contribution >= 0.6 is 11.3 Å². The van der Waals surface area contributed by atoms with Gasteiger partial charge in [0.2, 0.25) is 5.91 Å². The van der Waals surface area contributed by atoms with Crippen molar-refractivity contribution in [1.82, 2.24) is 0 Å². The largest absolute Gasteiger partial charge is 0.465 e. The highest BCUT2D eigenvalue weighted by Crippen LogP contribution is 2.46. The number of hydrogen-bond acceptors (Lipinski definition) is 6. The molecule has 170 valence electrons. The molecule has 1 fully saturated rings. The molecule has 0 unspecified atom stereocenters. The summed E-state index contributed by atoms with van der Waals surface area (Å²) in [6.07, 6.45) is 3.30. The molecule has 7 nitrogen and oxygen atoms in total. The van der Waals surface area contributed by atoms with E-state index in [-0.39, 0.29) is 29.5 Å². The second-order valence-electron chi connectivity index (χ2n) is 8.73. The molecule has 0 saturated carbocycles. The minimum atomic E-state index is -0.542. The van der Waals surface area contributed by atoms with Crippen molar-refractivity contribution >= 4 is 51.3 Å². The molecule has 1 aliphatic carbocycles. The highest BCUT2D eigenvalue weighted by molar-refractivity contribution is 7.17. The summed E-state index contributed by atoms with van der Waals surface area (Å²) >= 11 is 1.31. The number of benzene rings is 1. The molecule has 3 aliphatic rings. The van der Waals surface area contributed by atoms with Gasteiger partial charge in [0.1, 0.15) is 5.00 Å². The number of fused-ring (bicyclic) bond motifs is 2. The Morgan fingerprint density at radius 3 is 2.52 bits per heavy atom. The van der Waals surface area contributed by atoms with Crippen LogP contribution in [0.25, 0.3) is 5.57 Å². The first-order valence-corrected chi connectivity index (χ1v) is 11.9. The van der Waals surface area contributed by atoms with E-state index in [2.05, 4.69) is 0 Å². The minimum absolute atomic E-state index is 0.102. The van der Waals surface area contributed by atoms with Crippen LogP contribution in [-0.4, -0.2) is 36.8 Å². The van der Waals surface area contributed by atoms with Gasteiger partial charge in [-0.05, 0) is 51.2 Å². The number of imide groups is 1. The number of anilines is 2. The summed E-state index contributed by atoms with van der Waals surface area (Å²) in [5.41, 5.74) is 3.05. The summed E-state index contributed by atoms with van der Waals surface area (Å²) in [4.78, 5) is 56.6. The molecule has 1 saturated heterocycles. The Hall–Kier alpha value is -3.26. The number of carbonyl (C=O) groups is 4. The first-order valence-electron chi connectivity index (χ1n) is 11.1. The zero-order valence-electron chi connectivity index (χ0n) is 18.8. The molecular weight excluding hydrogens is 440 g/mol. The molecule has 3 heterocycles. The Morgan fingerprint density at radius 2 is 1.79 bits per heavy atom. The van der Waals surface area contributed by atoms with Crippen molar-refractivity contribution in [2.24, 2.45) is 0 Å². The number of aryl methyl sites for hydroxylation is 1. The number of para-hydroxylation sites is 1. The number of nitrogens with zero attached hydrogens (tertiary/aromatic N) is 2. The minimum Gasteiger partial charge on any atom is -0.465 e. The van der Waals surface area contributed by atoms with Crippen LogP contribution < -0.4 is 9.80 Å². The van der Waals surface area contributed by atoms with Crippen LogP contribution in [0.2, 0.25) is 0 Å². The smallest absolute Gasteiger partial charge is 0.341 e. The van der Waals surface area contributed by atoms with E-state index in [0.29, 0.717) is 16.1 Å². The quantitative estimate of drug-likeness (QED) is 0.391. The molecule has 0 radical (unpaired) electrons. The third-order valence-corrected chi connectivity index (χ3v) is 7.74. The summed E-state index contributed by atoms with van der Waals surface area (Å²) in [5, 5.41) is 0.318. The molecule has 33 heavy (non-hydrogen) atoms. The van der Waals surface area contributed by atoms with Crippen LogP contribution in [0.4, 0.5) is 10.7 Å². The van der Waals surface area contributed by atoms with Crippen LogP contribution in [0.1, 0.15) is 59.5 Å². The number of esters is 1. The Labute approximate surface area is 195 Å². The SMILES string of the molecule is COC(=O)c1c(N2C(=O)CC(=C3C(=O)N(C(C)C)c4ccccc43)C2=O)sc2c1CCCC2. The van der Waals surface area contributed by atoms with Gasteiger partial charge < -0.3 is 9.64 Å². The van der Waals surface area contributed by atoms with Gasteiger partial charge >= 0.3 is 5.97 Å². The van der Waals surface area contributed by atoms with Crippen molar-refractivity contribution in [2.75, 3.05) is 16.9 Å². The van der Waals surface area contributed by atoms with E-state index >= 15 is 0 Å². The lowest BCUT2D eigenvalue weighted by Crippen LogP contribution is -2.34. The van der Waals surface area contributed by atoms with Gasteiger partial charge in [0.25, 0.3) is 11.8 Å². The Kier molecular flexibility index (Phi) is 5.20. The topological polar surface area (TPSA) is 84.0 Å². The van der Waals surface area contributed by atoms with Gasteiger partial charge in [0.05, 0.1) is 30.4 Å². The maximum absolute atomic E-state index is 13.6. The Balaban J connectivity index is 1.65. The second kappa shape index (κ2) is 7.95. The highest BCUT2D eigenvalue weighted by atomic mass is 32.1. The fraction of sp³-hybridized carbons (Fsp3) is 0.360. The van der Waals surface area contributed by atoms with Crippen molar-refractivity contribution < 1.29 is 23.9 Å². The number of rotatable bonds is 3. The zero-order chi connectivity index (χ0) is 23.4. The van der Waals surface area contributed by atoms with Gasteiger partial charge in [-0.1, -0.05) is 18.2 Å². The number of thiophene rings is 1. The summed E-state index contributed by atoms with van der Waals surface area (Å²) < 4.78 is 5.01. The number of ether oxygens (including phenoxy) is 1. The fourth-order valence-electron chi connectivity index (χ4n) is 5.02. The standard InChI is InChI=1S/C25H24N2O5S/c1-13(2)26-17-10-6-4-8-14(17)20(23(26)30)16-12-19(28)27(22(16)29)24-21(25(31)32-3)15-9-5-7-11-18(15)33-24/h4,6,8,10,13H,5,7,9,11-12H2,1-3H3. The van der Waals surface area contributed by atoms with E-state index in [4.69, 9.17) is 4.74 Å². The predicted molar refractivity (Wildman–Crippen MR) is 125 cm³/mol. The van der Waals surface area contributed by atoms with Crippen molar-refractivity contribution in [3.63, 3.8) is 0 Å².